The zero-order valence-electron chi connectivity index (χ0n) is 20.1. The van der Waals surface area contributed by atoms with Gasteiger partial charge in [-0.3, -0.25) is 35.3 Å². The van der Waals surface area contributed by atoms with Gasteiger partial charge in [0.15, 0.2) is 5.96 Å². The lowest BCUT2D eigenvalue weighted by Crippen LogP contribution is -2.39. The van der Waals surface area contributed by atoms with Gasteiger partial charge in [-0.05, 0) is 53.6 Å². The van der Waals surface area contributed by atoms with E-state index in [1.165, 1.54) is 0 Å². The first kappa shape index (κ1) is 24.2. The number of aromatic nitrogens is 1. The molecule has 0 unspecified atom stereocenters. The first-order chi connectivity index (χ1) is 15.6. The Morgan fingerprint density at radius 2 is 1.85 bits per heavy atom. The fourth-order valence-corrected chi connectivity index (χ4v) is 3.46. The van der Waals surface area contributed by atoms with Crippen LogP contribution in [0.4, 0.5) is 5.69 Å². The number of nitrogens with one attached hydrogen (secondary N) is 3. The van der Waals surface area contributed by atoms with Crippen molar-refractivity contribution in [2.75, 3.05) is 25.1 Å². The number of benzene rings is 1. The van der Waals surface area contributed by atoms with Crippen LogP contribution >= 0.6 is 0 Å². The Morgan fingerprint density at radius 3 is 2.45 bits per heavy atom. The molecule has 1 aliphatic heterocycles. The summed E-state index contributed by atoms with van der Waals surface area (Å²) in [4.78, 5) is 34.2. The van der Waals surface area contributed by atoms with Gasteiger partial charge in [0.2, 0.25) is 0 Å². The van der Waals surface area contributed by atoms with Gasteiger partial charge in [-0.2, -0.15) is 0 Å². The van der Waals surface area contributed by atoms with Crippen molar-refractivity contribution in [1.29, 1.82) is 0 Å². The molecule has 0 spiro atoms. The summed E-state index contributed by atoms with van der Waals surface area (Å²) in [5.74, 6) is 0.608. The molecule has 1 aliphatic rings. The molecule has 1 aromatic heterocycles. The van der Waals surface area contributed by atoms with Gasteiger partial charge in [0.1, 0.15) is 0 Å². The van der Waals surface area contributed by atoms with Gasteiger partial charge in [0, 0.05) is 36.6 Å². The van der Waals surface area contributed by atoms with E-state index in [-0.39, 0.29) is 17.2 Å². The van der Waals surface area contributed by atoms with Gasteiger partial charge >= 0.3 is 0 Å². The second-order valence-electron chi connectivity index (χ2n) is 9.61. The van der Waals surface area contributed by atoms with Gasteiger partial charge < -0.3 is 5.32 Å². The van der Waals surface area contributed by atoms with E-state index in [0.717, 1.165) is 24.2 Å². The highest BCUT2D eigenvalue weighted by molar-refractivity contribution is 6.06. The molecule has 1 aromatic carbocycles. The molecule has 3 N–H and O–H groups in total. The lowest BCUT2D eigenvalue weighted by molar-refractivity contribution is 0.0786. The Bertz CT molecular complexity index is 1010. The second kappa shape index (κ2) is 10.5. The fraction of sp³-hybridized carbons (Fsp3) is 0.440. The van der Waals surface area contributed by atoms with E-state index in [2.05, 4.69) is 60.7 Å². The largest absolute Gasteiger partial charge is 0.354 e. The fourth-order valence-electron chi connectivity index (χ4n) is 3.46. The SMILES string of the molecule is CC(C)CCN(Nc1ccc(C(=O)NC2=NCCN2)cc1C(C)(C)C)C(=O)c1ccncc1. The van der Waals surface area contributed by atoms with Crippen molar-refractivity contribution < 1.29 is 9.59 Å². The molecule has 0 bridgehead atoms. The number of aliphatic imine (C=N–C) groups is 1. The van der Waals surface area contributed by atoms with E-state index in [1.807, 2.05) is 12.1 Å². The van der Waals surface area contributed by atoms with Crippen LogP contribution in [0.3, 0.4) is 0 Å². The van der Waals surface area contributed by atoms with E-state index in [9.17, 15) is 9.59 Å². The predicted molar refractivity (Wildman–Crippen MR) is 131 cm³/mol. The van der Waals surface area contributed by atoms with E-state index in [4.69, 9.17) is 0 Å². The number of hydrogen-bond donors (Lipinski definition) is 3. The topological polar surface area (TPSA) is 98.7 Å². The number of hydrazine groups is 1. The molecule has 0 radical (unpaired) electrons. The summed E-state index contributed by atoms with van der Waals surface area (Å²) in [7, 11) is 0. The van der Waals surface area contributed by atoms with Gasteiger partial charge in [0.25, 0.3) is 11.8 Å². The van der Waals surface area contributed by atoms with Crippen LogP contribution in [0.2, 0.25) is 0 Å². The molecule has 33 heavy (non-hydrogen) atoms. The molecule has 2 aromatic rings. The van der Waals surface area contributed by atoms with Gasteiger partial charge in [-0.15, -0.1) is 0 Å². The minimum atomic E-state index is -0.259. The summed E-state index contributed by atoms with van der Waals surface area (Å²) in [5.41, 5.74) is 5.92. The van der Waals surface area contributed by atoms with E-state index >= 15 is 0 Å². The number of amides is 2. The molecule has 0 saturated heterocycles. The van der Waals surface area contributed by atoms with Crippen LogP contribution in [-0.4, -0.2) is 47.4 Å². The average Bonchev–Trinajstić information content (AvgIpc) is 3.29. The van der Waals surface area contributed by atoms with Gasteiger partial charge in [-0.1, -0.05) is 34.6 Å². The van der Waals surface area contributed by atoms with Crippen LogP contribution in [0.15, 0.2) is 47.7 Å². The Morgan fingerprint density at radius 1 is 1.12 bits per heavy atom. The Kier molecular flexibility index (Phi) is 7.68. The van der Waals surface area contributed by atoms with Crippen LogP contribution in [0.25, 0.3) is 0 Å². The standard InChI is InChI=1S/C25H34N6O2/c1-17(2)10-15-31(23(33)18-8-11-26-12-9-18)30-21-7-6-19(16-20(21)25(3,4)5)22(32)29-24-27-13-14-28-24/h6-9,11-12,16-17,30H,10,13-15H2,1-5H3,(H2,27,28,29,32). The summed E-state index contributed by atoms with van der Waals surface area (Å²) in [6.45, 7) is 12.4. The summed E-state index contributed by atoms with van der Waals surface area (Å²) in [5, 5.41) is 7.51. The summed E-state index contributed by atoms with van der Waals surface area (Å²) < 4.78 is 0. The molecular weight excluding hydrogens is 416 g/mol. The molecule has 2 amide bonds. The zero-order chi connectivity index (χ0) is 24.0. The number of carbonyl (C=O) groups is 2. The van der Waals surface area contributed by atoms with Crippen LogP contribution in [0.1, 0.15) is 67.3 Å². The van der Waals surface area contributed by atoms with Gasteiger partial charge in [-0.25, -0.2) is 0 Å². The summed E-state index contributed by atoms with van der Waals surface area (Å²) in [6, 6.07) is 8.93. The van der Waals surface area contributed by atoms with Crippen molar-refractivity contribution in [3.63, 3.8) is 0 Å². The summed E-state index contributed by atoms with van der Waals surface area (Å²) >= 11 is 0. The molecule has 0 aliphatic carbocycles. The Labute approximate surface area is 195 Å². The van der Waals surface area contributed by atoms with Crippen LogP contribution in [-0.2, 0) is 5.41 Å². The Hall–Kier alpha value is -3.42. The van der Waals surface area contributed by atoms with Crippen LogP contribution in [0, 0.1) is 5.92 Å². The average molecular weight is 451 g/mol. The number of carbonyl (C=O) groups excluding carboxylic acids is 2. The number of anilines is 1. The molecule has 3 rings (SSSR count). The van der Waals surface area contributed by atoms with E-state index in [1.54, 1.807) is 35.6 Å². The molecule has 0 fully saturated rings. The Balaban J connectivity index is 1.89. The lowest BCUT2D eigenvalue weighted by atomic mass is 9.84. The van der Waals surface area contributed by atoms with E-state index < -0.39 is 0 Å². The number of pyridine rings is 1. The maximum Gasteiger partial charge on any atom is 0.272 e. The molecule has 176 valence electrons. The highest BCUT2D eigenvalue weighted by Crippen LogP contribution is 2.31. The van der Waals surface area contributed by atoms with Crippen molar-refractivity contribution >= 4 is 23.5 Å². The third-order valence-electron chi connectivity index (χ3n) is 5.35. The van der Waals surface area contributed by atoms with Crippen molar-refractivity contribution in [2.45, 2.75) is 46.5 Å². The quantitative estimate of drug-likeness (QED) is 0.560. The maximum absolute atomic E-state index is 13.2. The first-order valence-electron chi connectivity index (χ1n) is 11.4. The van der Waals surface area contributed by atoms with Crippen molar-refractivity contribution in [1.82, 2.24) is 20.6 Å². The van der Waals surface area contributed by atoms with E-state index in [0.29, 0.717) is 36.1 Å². The van der Waals surface area contributed by atoms with Crippen molar-refractivity contribution in [2.24, 2.45) is 10.9 Å². The molecule has 0 saturated carbocycles. The lowest BCUT2D eigenvalue weighted by Gasteiger charge is -2.30. The van der Waals surface area contributed by atoms with Gasteiger partial charge in [0.05, 0.1) is 12.2 Å². The normalized spacial score (nSPS) is 13.3. The number of rotatable bonds is 7. The molecule has 8 heteroatoms. The number of guanidine groups is 1. The van der Waals surface area contributed by atoms with Crippen molar-refractivity contribution in [3.8, 4) is 0 Å². The molecule has 0 atom stereocenters. The molecular formula is C25H34N6O2. The highest BCUT2D eigenvalue weighted by atomic mass is 16.2. The minimum Gasteiger partial charge on any atom is -0.354 e. The smallest absolute Gasteiger partial charge is 0.272 e. The number of nitrogens with zero attached hydrogens (tertiary/aromatic N) is 3. The second-order valence-corrected chi connectivity index (χ2v) is 9.61. The predicted octanol–water partition coefficient (Wildman–Crippen LogP) is 3.58. The molecule has 2 heterocycles. The summed E-state index contributed by atoms with van der Waals surface area (Å²) in [6.07, 6.45) is 4.08. The van der Waals surface area contributed by atoms with Crippen LogP contribution < -0.4 is 16.1 Å². The zero-order valence-corrected chi connectivity index (χ0v) is 20.1. The molecule has 8 nitrogen and oxygen atoms in total. The first-order valence-corrected chi connectivity index (χ1v) is 11.4. The third-order valence-corrected chi connectivity index (χ3v) is 5.35. The van der Waals surface area contributed by atoms with Crippen LogP contribution in [0.5, 0.6) is 0 Å². The maximum atomic E-state index is 13.2. The number of hydrogen-bond acceptors (Lipinski definition) is 6. The third kappa shape index (κ3) is 6.54. The highest BCUT2D eigenvalue weighted by Gasteiger charge is 2.24. The minimum absolute atomic E-state index is 0.120. The van der Waals surface area contributed by atoms with Crippen molar-refractivity contribution in [3.05, 3.63) is 59.4 Å². The monoisotopic (exact) mass is 450 g/mol.